The summed E-state index contributed by atoms with van der Waals surface area (Å²) in [7, 11) is 0. The van der Waals surface area contributed by atoms with Crippen LogP contribution in [0.15, 0.2) is 135 Å². The molecule has 7 heteroatoms. The Hall–Kier alpha value is -5.69. The van der Waals surface area contributed by atoms with Gasteiger partial charge in [-0.1, -0.05) is 48.5 Å². The fourth-order valence-corrected chi connectivity index (χ4v) is 4.75. The van der Waals surface area contributed by atoms with Gasteiger partial charge in [0.15, 0.2) is 17.3 Å². The molecule has 7 nitrogen and oxygen atoms in total. The fourth-order valence-electron chi connectivity index (χ4n) is 4.75. The molecular weight excluding hydrogens is 524 g/mol. The molecule has 0 radical (unpaired) electrons. The van der Waals surface area contributed by atoms with Gasteiger partial charge >= 0.3 is 0 Å². The minimum Gasteiger partial charge on any atom is -0.306 e. The fraction of sp³-hybridized carbons (Fsp3) is 0.0571. The van der Waals surface area contributed by atoms with Crippen molar-refractivity contribution in [3.05, 3.63) is 168 Å². The summed E-state index contributed by atoms with van der Waals surface area (Å²) in [6.45, 7) is 0. The first-order chi connectivity index (χ1) is 20.5. The van der Waals surface area contributed by atoms with Gasteiger partial charge in [-0.05, 0) is 59.7 Å². The molecule has 6 rings (SSSR count). The molecular formula is C35H26N4O3. The van der Waals surface area contributed by atoms with E-state index in [1.165, 1.54) is 0 Å². The summed E-state index contributed by atoms with van der Waals surface area (Å²) in [5.74, 6) is -0.105. The third-order valence-electron chi connectivity index (χ3n) is 7.15. The Morgan fingerprint density at radius 3 is 1.17 bits per heavy atom. The Bertz CT molecular complexity index is 1680. The van der Waals surface area contributed by atoms with Gasteiger partial charge in [0.2, 0.25) is 0 Å². The number of carbonyl (C=O) groups excluding carboxylic acids is 3. The van der Waals surface area contributed by atoms with Gasteiger partial charge in [-0.3, -0.25) is 14.4 Å². The lowest BCUT2D eigenvalue weighted by Crippen LogP contribution is -2.06. The molecule has 0 fully saturated rings. The molecule has 0 saturated heterocycles. The Morgan fingerprint density at radius 1 is 0.476 bits per heavy atom. The number of nitrogens with zero attached hydrogens (tertiary/aromatic N) is 4. The molecule has 0 N–H and O–H groups in total. The molecule has 2 aromatic heterocycles. The van der Waals surface area contributed by atoms with Crippen molar-refractivity contribution in [2.45, 2.75) is 12.8 Å². The van der Waals surface area contributed by atoms with Gasteiger partial charge in [-0.2, -0.15) is 0 Å². The zero-order valence-corrected chi connectivity index (χ0v) is 22.6. The van der Waals surface area contributed by atoms with Crippen LogP contribution in [-0.4, -0.2) is 36.5 Å². The minimum atomic E-state index is -0.115. The second-order valence-electron chi connectivity index (χ2n) is 9.96. The highest BCUT2D eigenvalue weighted by Gasteiger charge is 2.13. The zero-order valence-electron chi connectivity index (χ0n) is 22.6. The number of Topliss-reactive ketones (excluding diaryl/α,β-unsaturated/α-hetero) is 2. The van der Waals surface area contributed by atoms with E-state index >= 15 is 0 Å². The summed E-state index contributed by atoms with van der Waals surface area (Å²) in [6, 6.07) is 29.0. The van der Waals surface area contributed by atoms with Gasteiger partial charge in [-0.15, -0.1) is 0 Å². The normalized spacial score (nSPS) is 10.9. The van der Waals surface area contributed by atoms with Crippen molar-refractivity contribution in [2.75, 3.05) is 0 Å². The molecule has 0 aliphatic carbocycles. The lowest BCUT2D eigenvalue weighted by atomic mass is 9.97. The van der Waals surface area contributed by atoms with E-state index in [4.69, 9.17) is 0 Å². The van der Waals surface area contributed by atoms with E-state index in [1.807, 2.05) is 94.3 Å². The average Bonchev–Trinajstić information content (AvgIpc) is 3.77. The van der Waals surface area contributed by atoms with E-state index in [0.717, 1.165) is 22.5 Å². The Morgan fingerprint density at radius 2 is 0.833 bits per heavy atom. The Kier molecular flexibility index (Phi) is 7.46. The number of carbonyl (C=O) groups is 3. The highest BCUT2D eigenvalue weighted by atomic mass is 16.1. The van der Waals surface area contributed by atoms with E-state index in [9.17, 15) is 14.4 Å². The number of hydrogen-bond acceptors (Lipinski definition) is 5. The second-order valence-corrected chi connectivity index (χ2v) is 9.96. The highest BCUT2D eigenvalue weighted by molar-refractivity contribution is 6.09. The van der Waals surface area contributed by atoms with Crippen LogP contribution < -0.4 is 0 Å². The number of rotatable bonds is 10. The van der Waals surface area contributed by atoms with E-state index in [2.05, 4.69) is 9.97 Å². The van der Waals surface area contributed by atoms with Gasteiger partial charge < -0.3 is 9.13 Å². The van der Waals surface area contributed by atoms with E-state index in [-0.39, 0.29) is 30.2 Å². The molecule has 0 atom stereocenters. The van der Waals surface area contributed by atoms with Crippen molar-refractivity contribution < 1.29 is 14.4 Å². The summed E-state index contributed by atoms with van der Waals surface area (Å²) < 4.78 is 3.75. The summed E-state index contributed by atoms with van der Waals surface area (Å²) in [4.78, 5) is 46.8. The van der Waals surface area contributed by atoms with Crippen molar-refractivity contribution in [1.29, 1.82) is 0 Å². The van der Waals surface area contributed by atoms with Crippen molar-refractivity contribution in [3.63, 3.8) is 0 Å². The summed E-state index contributed by atoms with van der Waals surface area (Å²) >= 11 is 0. The number of imidazole rings is 2. The zero-order chi connectivity index (χ0) is 28.9. The van der Waals surface area contributed by atoms with Crippen LogP contribution in [0.1, 0.15) is 47.8 Å². The topological polar surface area (TPSA) is 86.9 Å². The Balaban J connectivity index is 1.05. The van der Waals surface area contributed by atoms with E-state index in [1.54, 1.807) is 49.3 Å². The lowest BCUT2D eigenvalue weighted by Gasteiger charge is -2.07. The van der Waals surface area contributed by atoms with Crippen LogP contribution in [0.25, 0.3) is 11.4 Å². The first-order valence-electron chi connectivity index (χ1n) is 13.5. The maximum Gasteiger partial charge on any atom is 0.193 e. The molecule has 0 bridgehead atoms. The predicted octanol–water partition coefficient (Wildman–Crippen LogP) is 6.14. The van der Waals surface area contributed by atoms with Crippen LogP contribution in [0, 0.1) is 0 Å². The quantitative estimate of drug-likeness (QED) is 0.191. The van der Waals surface area contributed by atoms with Crippen LogP contribution >= 0.6 is 0 Å². The monoisotopic (exact) mass is 550 g/mol. The molecule has 6 aromatic rings. The van der Waals surface area contributed by atoms with Crippen LogP contribution in [0.2, 0.25) is 0 Å². The second kappa shape index (κ2) is 11.8. The van der Waals surface area contributed by atoms with E-state index < -0.39 is 0 Å². The molecule has 0 unspecified atom stereocenters. The van der Waals surface area contributed by atoms with Crippen LogP contribution in [0.4, 0.5) is 0 Å². The highest BCUT2D eigenvalue weighted by Crippen LogP contribution is 2.17. The summed E-state index contributed by atoms with van der Waals surface area (Å²) in [6.07, 6.45) is 11.0. The van der Waals surface area contributed by atoms with Gasteiger partial charge in [0, 0.05) is 71.3 Å². The first-order valence-corrected chi connectivity index (χ1v) is 13.5. The lowest BCUT2D eigenvalue weighted by molar-refractivity contribution is 0.0984. The van der Waals surface area contributed by atoms with Gasteiger partial charge in [0.05, 0.1) is 12.7 Å². The predicted molar refractivity (Wildman–Crippen MR) is 160 cm³/mol. The first kappa shape index (κ1) is 26.5. The van der Waals surface area contributed by atoms with Crippen molar-refractivity contribution in [2.24, 2.45) is 0 Å². The largest absolute Gasteiger partial charge is 0.306 e. The molecule has 0 saturated carbocycles. The molecule has 0 aliphatic rings. The average molecular weight is 551 g/mol. The van der Waals surface area contributed by atoms with Crippen molar-refractivity contribution >= 4 is 17.3 Å². The van der Waals surface area contributed by atoms with Crippen LogP contribution in [-0.2, 0) is 12.8 Å². The maximum absolute atomic E-state index is 13.1. The SMILES string of the molecule is O=C(Cc1ccc(C(=O)c2ccc(CC(=O)c3ccc(-n4ccnc4)cc3)cc2)cc1)c1ccc(-n2ccnc2)cc1. The van der Waals surface area contributed by atoms with Crippen LogP contribution in [0.3, 0.4) is 0 Å². The third-order valence-corrected chi connectivity index (χ3v) is 7.15. The van der Waals surface area contributed by atoms with Crippen LogP contribution in [0.5, 0.6) is 0 Å². The van der Waals surface area contributed by atoms with Gasteiger partial charge in [-0.25, -0.2) is 9.97 Å². The van der Waals surface area contributed by atoms with Crippen molar-refractivity contribution in [3.8, 4) is 11.4 Å². The summed E-state index contributed by atoms with van der Waals surface area (Å²) in [5.41, 5.74) is 5.87. The van der Waals surface area contributed by atoms with E-state index in [0.29, 0.717) is 22.3 Å². The minimum absolute atomic E-state index is 0.00513. The molecule has 2 heterocycles. The number of ketones is 3. The Labute approximate surface area is 242 Å². The molecule has 42 heavy (non-hydrogen) atoms. The standard InChI is InChI=1S/C35H26N4O3/c40-33(27-9-13-31(14-10-27)38-19-17-36-23-38)21-25-1-5-29(6-2-25)35(42)30-7-3-26(4-8-30)22-34(41)28-11-15-32(16-12-28)39-20-18-37-24-39/h1-20,23-24H,21-22H2. The molecule has 0 aliphatic heterocycles. The molecule has 0 spiro atoms. The number of benzene rings is 4. The molecule has 4 aromatic carbocycles. The van der Waals surface area contributed by atoms with Crippen molar-refractivity contribution in [1.82, 2.24) is 19.1 Å². The maximum atomic E-state index is 13.1. The van der Waals surface area contributed by atoms with Gasteiger partial charge in [0.1, 0.15) is 0 Å². The van der Waals surface area contributed by atoms with Gasteiger partial charge in [0.25, 0.3) is 0 Å². The number of hydrogen-bond donors (Lipinski definition) is 0. The number of aromatic nitrogens is 4. The third kappa shape index (κ3) is 5.90. The molecule has 204 valence electrons. The smallest absolute Gasteiger partial charge is 0.193 e. The summed E-state index contributed by atoms with van der Waals surface area (Å²) in [5, 5.41) is 0. The molecule has 0 amide bonds.